The number of hydrogen-bond acceptors (Lipinski definition) is 7. The molecule has 2 aliphatic rings. The number of benzene rings is 2. The molecule has 10 nitrogen and oxygen atoms in total. The van der Waals surface area contributed by atoms with Crippen LogP contribution in [0.25, 0.3) is 22.2 Å². The maximum Gasteiger partial charge on any atom is 0.319 e. The zero-order valence-corrected chi connectivity index (χ0v) is 20.4. The monoisotopic (exact) mass is 486 g/mol. The Hall–Kier alpha value is -4.23. The zero-order chi connectivity index (χ0) is 25.1. The molecule has 4 N–H and O–H groups in total. The van der Waals surface area contributed by atoms with Gasteiger partial charge in [-0.1, -0.05) is 12.1 Å². The molecule has 0 radical (unpaired) electrons. The second-order valence-corrected chi connectivity index (χ2v) is 9.39. The molecule has 5 rings (SSSR count). The fourth-order valence-corrected chi connectivity index (χ4v) is 4.32. The van der Waals surface area contributed by atoms with Crippen molar-refractivity contribution in [2.24, 2.45) is 11.0 Å². The number of aromatic nitrogens is 1. The minimum Gasteiger partial charge on any atom is -0.492 e. The van der Waals surface area contributed by atoms with Gasteiger partial charge >= 0.3 is 6.03 Å². The number of hydrogen-bond donors (Lipinski definition) is 4. The van der Waals surface area contributed by atoms with Crippen LogP contribution in [0.4, 0.5) is 10.5 Å². The van der Waals surface area contributed by atoms with E-state index in [1.807, 2.05) is 56.3 Å². The number of fused-ring (bicyclic) bond motifs is 1. The quantitative estimate of drug-likeness (QED) is 0.366. The van der Waals surface area contributed by atoms with Crippen molar-refractivity contribution in [1.82, 2.24) is 26.0 Å². The van der Waals surface area contributed by atoms with Gasteiger partial charge in [0.25, 0.3) is 0 Å². The minimum atomic E-state index is -0.241. The van der Waals surface area contributed by atoms with Gasteiger partial charge < -0.3 is 19.9 Å². The van der Waals surface area contributed by atoms with Crippen molar-refractivity contribution in [3.05, 3.63) is 48.0 Å². The number of hydrazone groups is 1. The van der Waals surface area contributed by atoms with Gasteiger partial charge in [-0.2, -0.15) is 10.4 Å². The number of nitriles is 1. The van der Waals surface area contributed by atoms with E-state index in [9.17, 15) is 10.1 Å². The van der Waals surface area contributed by atoms with Crippen molar-refractivity contribution in [1.29, 1.82) is 5.26 Å². The Balaban J connectivity index is 1.43. The van der Waals surface area contributed by atoms with Gasteiger partial charge in [-0.15, -0.1) is 5.12 Å². The molecule has 0 bridgehead atoms. The summed E-state index contributed by atoms with van der Waals surface area (Å²) < 4.78 is 8.25. The van der Waals surface area contributed by atoms with Gasteiger partial charge in [0.05, 0.1) is 23.3 Å². The van der Waals surface area contributed by atoms with Crippen molar-refractivity contribution < 1.29 is 9.53 Å². The maximum absolute atomic E-state index is 12.1. The highest BCUT2D eigenvalue weighted by atomic mass is 16.5. The van der Waals surface area contributed by atoms with E-state index in [1.165, 1.54) is 12.8 Å². The number of nitrogens with one attached hydrogen (secondary N) is 4. The van der Waals surface area contributed by atoms with Gasteiger partial charge in [0.15, 0.2) is 0 Å². The van der Waals surface area contributed by atoms with E-state index in [0.717, 1.165) is 34.5 Å². The van der Waals surface area contributed by atoms with Crippen LogP contribution in [0.1, 0.15) is 32.3 Å². The van der Waals surface area contributed by atoms with Gasteiger partial charge in [0.1, 0.15) is 24.8 Å². The molecular weight excluding hydrogens is 456 g/mol. The van der Waals surface area contributed by atoms with Crippen molar-refractivity contribution in [3.8, 4) is 23.1 Å². The summed E-state index contributed by atoms with van der Waals surface area (Å²) in [7, 11) is 0. The van der Waals surface area contributed by atoms with E-state index in [0.29, 0.717) is 30.3 Å². The molecule has 0 atom stereocenters. The third-order valence-corrected chi connectivity index (χ3v) is 6.16. The summed E-state index contributed by atoms with van der Waals surface area (Å²) in [6, 6.07) is 15.8. The first-order chi connectivity index (χ1) is 17.5. The molecule has 0 spiro atoms. The fraction of sp³-hybridized carbons (Fsp3) is 0.346. The Morgan fingerprint density at radius 3 is 2.72 bits per heavy atom. The number of nitrogens with zero attached hydrogens (tertiary/aromatic N) is 4. The van der Waals surface area contributed by atoms with E-state index >= 15 is 0 Å². The SMILES string of the molecule is CC(C)NC(=O)Nc1ccc(-c2c(C#N)c3ccc(OCCN4NC=NN4)cc3n2CC2CC2)cc1. The third-order valence-electron chi connectivity index (χ3n) is 6.16. The summed E-state index contributed by atoms with van der Waals surface area (Å²) in [5, 5.41) is 22.3. The van der Waals surface area contributed by atoms with Gasteiger partial charge in [0, 0.05) is 29.7 Å². The predicted octanol–water partition coefficient (Wildman–Crippen LogP) is 3.77. The van der Waals surface area contributed by atoms with Crippen LogP contribution >= 0.6 is 0 Å². The van der Waals surface area contributed by atoms with Crippen LogP contribution in [0, 0.1) is 17.2 Å². The molecule has 2 aromatic carbocycles. The minimum absolute atomic E-state index is 0.0528. The molecule has 2 amide bonds. The second kappa shape index (κ2) is 10.2. The Morgan fingerprint density at radius 1 is 1.25 bits per heavy atom. The molecule has 10 heteroatoms. The van der Waals surface area contributed by atoms with Gasteiger partial charge in [-0.05, 0) is 62.4 Å². The molecule has 1 fully saturated rings. The summed E-state index contributed by atoms with van der Waals surface area (Å²) in [6.07, 6.45) is 3.97. The number of ether oxygens (including phenoxy) is 1. The number of hydrazine groups is 2. The highest BCUT2D eigenvalue weighted by Crippen LogP contribution is 2.39. The Labute approximate surface area is 209 Å². The average molecular weight is 487 g/mol. The molecule has 1 aliphatic carbocycles. The average Bonchev–Trinajstić information content (AvgIpc) is 3.42. The summed E-state index contributed by atoms with van der Waals surface area (Å²) in [6.45, 7) is 5.75. The smallest absolute Gasteiger partial charge is 0.319 e. The summed E-state index contributed by atoms with van der Waals surface area (Å²) in [5.74, 6) is 1.37. The molecular formula is C26H30N8O2. The number of rotatable bonds is 9. The van der Waals surface area contributed by atoms with Gasteiger partial charge in [-0.25, -0.2) is 10.3 Å². The van der Waals surface area contributed by atoms with Gasteiger partial charge in [-0.3, -0.25) is 5.43 Å². The van der Waals surface area contributed by atoms with Crippen LogP contribution in [0.5, 0.6) is 5.75 Å². The van der Waals surface area contributed by atoms with Crippen LogP contribution in [0.2, 0.25) is 0 Å². The second-order valence-electron chi connectivity index (χ2n) is 9.39. The van der Waals surface area contributed by atoms with E-state index in [2.05, 4.69) is 37.3 Å². The highest BCUT2D eigenvalue weighted by Gasteiger charge is 2.26. The van der Waals surface area contributed by atoms with Crippen molar-refractivity contribution in [3.63, 3.8) is 0 Å². The first kappa shape index (κ1) is 23.5. The van der Waals surface area contributed by atoms with Crippen LogP contribution in [-0.4, -0.2) is 41.2 Å². The summed E-state index contributed by atoms with van der Waals surface area (Å²) in [5.41, 5.74) is 9.94. The lowest BCUT2D eigenvalue weighted by molar-refractivity contribution is 0.144. The normalized spacial score (nSPS) is 14.9. The van der Waals surface area contributed by atoms with E-state index < -0.39 is 0 Å². The van der Waals surface area contributed by atoms with E-state index in [4.69, 9.17) is 4.74 Å². The molecule has 0 saturated heterocycles. The lowest BCUT2D eigenvalue weighted by atomic mass is 10.1. The lowest BCUT2D eigenvalue weighted by Gasteiger charge is -2.15. The van der Waals surface area contributed by atoms with Crippen LogP contribution in [-0.2, 0) is 6.54 Å². The number of amides is 2. The molecule has 186 valence electrons. The Bertz CT molecular complexity index is 1310. The Morgan fingerprint density at radius 2 is 2.06 bits per heavy atom. The molecule has 1 aromatic heterocycles. The van der Waals surface area contributed by atoms with Crippen LogP contribution in [0.15, 0.2) is 47.6 Å². The molecule has 36 heavy (non-hydrogen) atoms. The highest BCUT2D eigenvalue weighted by molar-refractivity contribution is 5.96. The Kier molecular flexibility index (Phi) is 6.64. The summed E-state index contributed by atoms with van der Waals surface area (Å²) in [4.78, 5) is 12.1. The van der Waals surface area contributed by atoms with Crippen molar-refractivity contribution >= 4 is 29.0 Å². The van der Waals surface area contributed by atoms with E-state index in [1.54, 1.807) is 11.5 Å². The predicted molar refractivity (Wildman–Crippen MR) is 139 cm³/mol. The number of carbonyl (C=O) groups is 1. The van der Waals surface area contributed by atoms with Gasteiger partial charge in [0.2, 0.25) is 0 Å². The van der Waals surface area contributed by atoms with Crippen LogP contribution in [0.3, 0.4) is 0 Å². The van der Waals surface area contributed by atoms with Crippen molar-refractivity contribution in [2.75, 3.05) is 18.5 Å². The first-order valence-corrected chi connectivity index (χ1v) is 12.2. The topological polar surface area (TPSA) is 119 Å². The molecule has 1 saturated carbocycles. The standard InChI is InChI=1S/C26H30N8O2/c1-17(2)30-26(35)31-20-7-5-19(6-8-20)25-23(14-27)22-10-9-21(36-12-11-34-29-16-28-32-34)13-24(22)33(25)15-18-3-4-18/h5-10,13,16-18,32H,3-4,11-12,15H2,1-2H3,(H,28,29)(H2,30,31,35). The number of anilines is 1. The lowest BCUT2D eigenvalue weighted by Crippen LogP contribution is -2.41. The van der Waals surface area contributed by atoms with Crippen molar-refractivity contribution in [2.45, 2.75) is 39.3 Å². The third kappa shape index (κ3) is 5.21. The zero-order valence-electron chi connectivity index (χ0n) is 20.4. The number of carbonyl (C=O) groups excluding carboxylic acids is 1. The molecule has 3 aromatic rings. The largest absolute Gasteiger partial charge is 0.492 e. The molecule has 1 aliphatic heterocycles. The maximum atomic E-state index is 12.1. The fourth-order valence-electron chi connectivity index (χ4n) is 4.32. The summed E-state index contributed by atoms with van der Waals surface area (Å²) >= 11 is 0. The first-order valence-electron chi connectivity index (χ1n) is 12.2. The molecule has 0 unspecified atom stereocenters. The van der Waals surface area contributed by atoms with Crippen LogP contribution < -0.4 is 26.3 Å². The van der Waals surface area contributed by atoms with E-state index in [-0.39, 0.29) is 12.1 Å². The molecule has 2 heterocycles. The number of urea groups is 1.